The van der Waals surface area contributed by atoms with Crippen molar-refractivity contribution < 1.29 is 19.1 Å². The summed E-state index contributed by atoms with van der Waals surface area (Å²) in [6, 6.07) is 22.6. The summed E-state index contributed by atoms with van der Waals surface area (Å²) in [5.41, 5.74) is 6.03. The standard InChI is InChI=1S/C36H33N3O5S/c1-5-43-34(41)26-17-13-24(14-18-26)20-38-21-27(28-9-7-8-10-29(28)38)19-30-33(40)39-32(25-15-11-22(3)12-16-25)31(35(42)44-6-2)23(4)37-36(39)45-30/h7-19,21,32H,5-6,20H2,1-4H3/b30-19-/t32-/m1/s1. The van der Waals surface area contributed by atoms with Crippen LogP contribution in [0.1, 0.15) is 59.4 Å². The number of ether oxygens (including phenoxy) is 2. The lowest BCUT2D eigenvalue weighted by atomic mass is 9.95. The quantitative estimate of drug-likeness (QED) is 0.220. The lowest BCUT2D eigenvalue weighted by Gasteiger charge is -2.24. The van der Waals surface area contributed by atoms with Crippen LogP contribution in [0.3, 0.4) is 0 Å². The molecular weight excluding hydrogens is 586 g/mol. The fourth-order valence-corrected chi connectivity index (χ4v) is 6.71. The molecule has 0 saturated heterocycles. The molecule has 9 heteroatoms. The van der Waals surface area contributed by atoms with E-state index >= 15 is 0 Å². The van der Waals surface area contributed by atoms with E-state index in [1.807, 2.05) is 79.9 Å². The first-order valence-electron chi connectivity index (χ1n) is 14.9. The van der Waals surface area contributed by atoms with E-state index in [9.17, 15) is 14.4 Å². The maximum Gasteiger partial charge on any atom is 0.338 e. The van der Waals surface area contributed by atoms with E-state index in [4.69, 9.17) is 14.5 Å². The van der Waals surface area contributed by atoms with Gasteiger partial charge < -0.3 is 14.0 Å². The lowest BCUT2D eigenvalue weighted by molar-refractivity contribution is -0.139. The molecule has 1 aliphatic rings. The number of aromatic nitrogens is 2. The molecule has 0 saturated carbocycles. The monoisotopic (exact) mass is 619 g/mol. The summed E-state index contributed by atoms with van der Waals surface area (Å²) in [4.78, 5) is 44.6. The highest BCUT2D eigenvalue weighted by molar-refractivity contribution is 7.07. The minimum atomic E-state index is -0.651. The van der Waals surface area contributed by atoms with Crippen molar-refractivity contribution in [3.8, 4) is 0 Å². The first-order valence-corrected chi connectivity index (χ1v) is 15.7. The number of carbonyl (C=O) groups is 2. The Balaban J connectivity index is 1.44. The SMILES string of the molecule is CCOC(=O)C1=C(C)N=c2s/c(=C\c3cn(Cc4ccc(C(=O)OCC)cc4)c4ccccc34)c(=O)n2[C@@H]1c1ccc(C)cc1. The predicted molar refractivity (Wildman–Crippen MR) is 175 cm³/mol. The number of esters is 2. The van der Waals surface area contributed by atoms with Crippen molar-refractivity contribution in [1.29, 1.82) is 0 Å². The van der Waals surface area contributed by atoms with E-state index in [1.165, 1.54) is 11.3 Å². The van der Waals surface area contributed by atoms with Crippen LogP contribution < -0.4 is 14.9 Å². The number of thiazole rings is 1. The van der Waals surface area contributed by atoms with Crippen LogP contribution in [-0.4, -0.2) is 34.3 Å². The summed E-state index contributed by atoms with van der Waals surface area (Å²) in [6.45, 7) is 8.46. The molecular formula is C36H33N3O5S. The average Bonchev–Trinajstić information content (AvgIpc) is 3.53. The molecule has 0 N–H and O–H groups in total. The highest BCUT2D eigenvalue weighted by Gasteiger charge is 2.33. The number of hydrogen-bond acceptors (Lipinski definition) is 7. The normalized spacial score (nSPS) is 14.8. The molecule has 0 bridgehead atoms. The largest absolute Gasteiger partial charge is 0.463 e. The van der Waals surface area contributed by atoms with Gasteiger partial charge in [-0.3, -0.25) is 9.36 Å². The second-order valence-electron chi connectivity index (χ2n) is 10.9. The van der Waals surface area contributed by atoms with Crippen LogP contribution in [0.25, 0.3) is 17.0 Å². The van der Waals surface area contributed by atoms with E-state index in [1.54, 1.807) is 37.5 Å². The first-order chi connectivity index (χ1) is 21.8. The number of para-hydroxylation sites is 1. The molecule has 1 aliphatic heterocycles. The molecule has 228 valence electrons. The number of hydrogen-bond donors (Lipinski definition) is 0. The van der Waals surface area contributed by atoms with Gasteiger partial charge >= 0.3 is 11.9 Å². The average molecular weight is 620 g/mol. The van der Waals surface area contributed by atoms with Gasteiger partial charge in [-0.05, 0) is 63.1 Å². The van der Waals surface area contributed by atoms with Crippen molar-refractivity contribution >= 4 is 40.3 Å². The molecule has 0 aliphatic carbocycles. The van der Waals surface area contributed by atoms with Crippen molar-refractivity contribution in [3.05, 3.63) is 138 Å². The van der Waals surface area contributed by atoms with Crippen molar-refractivity contribution in [2.24, 2.45) is 4.99 Å². The molecule has 0 spiro atoms. The van der Waals surface area contributed by atoms with Crippen LogP contribution in [0.4, 0.5) is 0 Å². The fraction of sp³-hybridized carbons (Fsp3) is 0.222. The van der Waals surface area contributed by atoms with Crippen molar-refractivity contribution in [2.75, 3.05) is 13.2 Å². The number of benzene rings is 3. The Hall–Kier alpha value is -5.02. The number of rotatable bonds is 8. The first kappa shape index (κ1) is 30.0. The fourth-order valence-electron chi connectivity index (χ4n) is 5.68. The van der Waals surface area contributed by atoms with Crippen molar-refractivity contribution in [3.63, 3.8) is 0 Å². The molecule has 0 unspecified atom stereocenters. The van der Waals surface area contributed by atoms with E-state index in [2.05, 4.69) is 4.57 Å². The van der Waals surface area contributed by atoms with Crippen LogP contribution >= 0.6 is 11.3 Å². The smallest absolute Gasteiger partial charge is 0.338 e. The Morgan fingerprint density at radius 1 is 0.911 bits per heavy atom. The molecule has 3 aromatic carbocycles. The lowest BCUT2D eigenvalue weighted by Crippen LogP contribution is -2.39. The van der Waals surface area contributed by atoms with Crippen molar-refractivity contribution in [2.45, 2.75) is 40.3 Å². The Labute approximate surface area is 264 Å². The van der Waals surface area contributed by atoms with Gasteiger partial charge in [0.1, 0.15) is 0 Å². The Kier molecular flexibility index (Phi) is 8.36. The summed E-state index contributed by atoms with van der Waals surface area (Å²) in [6.07, 6.45) is 3.94. The number of aryl methyl sites for hydroxylation is 1. The third-order valence-electron chi connectivity index (χ3n) is 7.83. The second-order valence-corrected chi connectivity index (χ2v) is 11.9. The van der Waals surface area contributed by atoms with Crippen LogP contribution in [0.15, 0.2) is 100 Å². The molecule has 1 atom stereocenters. The third-order valence-corrected chi connectivity index (χ3v) is 8.82. The highest BCUT2D eigenvalue weighted by atomic mass is 32.1. The number of carbonyl (C=O) groups excluding carboxylic acids is 2. The Morgan fingerprint density at radius 2 is 1.60 bits per heavy atom. The molecule has 6 rings (SSSR count). The zero-order chi connectivity index (χ0) is 31.7. The van der Waals surface area contributed by atoms with Gasteiger partial charge in [-0.15, -0.1) is 0 Å². The van der Waals surface area contributed by atoms with Crippen LogP contribution in [-0.2, 0) is 20.8 Å². The molecule has 45 heavy (non-hydrogen) atoms. The van der Waals surface area contributed by atoms with Gasteiger partial charge in [0, 0.05) is 29.2 Å². The number of allylic oxidation sites excluding steroid dienone is 1. The van der Waals surface area contributed by atoms with Gasteiger partial charge in [-0.2, -0.15) is 0 Å². The Bertz CT molecular complexity index is 2130. The number of nitrogens with zero attached hydrogens (tertiary/aromatic N) is 3. The molecule has 0 amide bonds. The van der Waals surface area contributed by atoms with E-state index in [0.29, 0.717) is 39.3 Å². The molecule has 8 nitrogen and oxygen atoms in total. The molecule has 5 aromatic rings. The minimum Gasteiger partial charge on any atom is -0.463 e. The van der Waals surface area contributed by atoms with E-state index < -0.39 is 12.0 Å². The topological polar surface area (TPSA) is 91.9 Å². The molecule has 3 heterocycles. The van der Waals surface area contributed by atoms with Crippen LogP contribution in [0.2, 0.25) is 0 Å². The maximum absolute atomic E-state index is 14.1. The molecule has 2 aromatic heterocycles. The Morgan fingerprint density at radius 3 is 2.31 bits per heavy atom. The van der Waals surface area contributed by atoms with Gasteiger partial charge in [-0.25, -0.2) is 14.6 Å². The van der Waals surface area contributed by atoms with Gasteiger partial charge in [-0.1, -0.05) is 71.5 Å². The zero-order valence-electron chi connectivity index (χ0n) is 25.6. The highest BCUT2D eigenvalue weighted by Crippen LogP contribution is 2.31. The van der Waals surface area contributed by atoms with E-state index in [-0.39, 0.29) is 18.1 Å². The maximum atomic E-state index is 14.1. The van der Waals surface area contributed by atoms with Gasteiger partial charge in [0.2, 0.25) is 0 Å². The third kappa shape index (κ3) is 5.79. The summed E-state index contributed by atoms with van der Waals surface area (Å²) in [5, 5.41) is 1.00. The van der Waals surface area contributed by atoms with Gasteiger partial charge in [0.05, 0.1) is 40.6 Å². The summed E-state index contributed by atoms with van der Waals surface area (Å²) in [5.74, 6) is -0.814. The number of fused-ring (bicyclic) bond motifs is 2. The summed E-state index contributed by atoms with van der Waals surface area (Å²) < 4.78 is 14.8. The second kappa shape index (κ2) is 12.5. The zero-order valence-corrected chi connectivity index (χ0v) is 26.4. The van der Waals surface area contributed by atoms with Crippen molar-refractivity contribution in [1.82, 2.24) is 9.13 Å². The minimum absolute atomic E-state index is 0.218. The molecule has 0 fully saturated rings. The van der Waals surface area contributed by atoms with Crippen LogP contribution in [0, 0.1) is 6.92 Å². The predicted octanol–water partition coefficient (Wildman–Crippen LogP) is 5.29. The van der Waals surface area contributed by atoms with Gasteiger partial charge in [0.15, 0.2) is 4.80 Å². The van der Waals surface area contributed by atoms with Gasteiger partial charge in [0.25, 0.3) is 5.56 Å². The summed E-state index contributed by atoms with van der Waals surface area (Å²) in [7, 11) is 0. The van der Waals surface area contributed by atoms with E-state index in [0.717, 1.165) is 33.2 Å². The summed E-state index contributed by atoms with van der Waals surface area (Å²) >= 11 is 1.31. The molecule has 0 radical (unpaired) electrons. The van der Waals surface area contributed by atoms with Crippen LogP contribution in [0.5, 0.6) is 0 Å².